The van der Waals surface area contributed by atoms with E-state index < -0.39 is 0 Å². The molecular weight excluding hydrogens is 344 g/mol. The van der Waals surface area contributed by atoms with Crippen LogP contribution < -0.4 is 20.1 Å². The highest BCUT2D eigenvalue weighted by Gasteiger charge is 2.16. The van der Waals surface area contributed by atoms with E-state index in [1.165, 1.54) is 20.3 Å². The maximum absolute atomic E-state index is 12.5. The van der Waals surface area contributed by atoms with E-state index in [-0.39, 0.29) is 16.8 Å². The van der Waals surface area contributed by atoms with E-state index in [2.05, 4.69) is 10.6 Å². The van der Waals surface area contributed by atoms with Crippen LogP contribution in [0.5, 0.6) is 11.5 Å². The number of anilines is 1. The van der Waals surface area contributed by atoms with Gasteiger partial charge < -0.3 is 20.1 Å². The number of ether oxygens (including phenoxy) is 2. The fourth-order valence-electron chi connectivity index (χ4n) is 2.33. The summed E-state index contributed by atoms with van der Waals surface area (Å²) in [5.41, 5.74) is 2.22. The summed E-state index contributed by atoms with van der Waals surface area (Å²) >= 11 is 6.13. The molecule has 25 heavy (non-hydrogen) atoms. The van der Waals surface area contributed by atoms with Crippen LogP contribution in [-0.2, 0) is 0 Å². The number of benzene rings is 2. The number of carbonyl (C=O) groups is 2. The second-order valence-corrected chi connectivity index (χ2v) is 5.66. The predicted molar refractivity (Wildman–Crippen MR) is 97.1 cm³/mol. The van der Waals surface area contributed by atoms with Crippen molar-refractivity contribution in [2.45, 2.75) is 6.92 Å². The lowest BCUT2D eigenvalue weighted by Crippen LogP contribution is -2.18. The molecule has 2 rings (SSSR count). The predicted octanol–water partition coefficient (Wildman–Crippen LogP) is 3.28. The monoisotopic (exact) mass is 362 g/mol. The number of halogens is 1. The largest absolute Gasteiger partial charge is 0.493 e. The Hall–Kier alpha value is -2.73. The van der Waals surface area contributed by atoms with Crippen LogP contribution in [0.2, 0.25) is 5.02 Å². The number of carbonyl (C=O) groups excluding carboxylic acids is 2. The Kier molecular flexibility index (Phi) is 5.88. The van der Waals surface area contributed by atoms with Crippen molar-refractivity contribution in [2.75, 3.05) is 26.6 Å². The molecule has 0 saturated carbocycles. The van der Waals surface area contributed by atoms with Crippen LogP contribution in [0.1, 0.15) is 26.3 Å². The molecule has 6 nitrogen and oxygen atoms in total. The number of hydrogen-bond donors (Lipinski definition) is 2. The van der Waals surface area contributed by atoms with Crippen molar-refractivity contribution in [3.8, 4) is 11.5 Å². The number of nitrogens with one attached hydrogen (secondary N) is 2. The Balaban J connectivity index is 2.28. The third-order valence-electron chi connectivity index (χ3n) is 3.66. The van der Waals surface area contributed by atoms with E-state index in [0.29, 0.717) is 28.3 Å². The molecule has 0 saturated heterocycles. The van der Waals surface area contributed by atoms with E-state index in [0.717, 1.165) is 5.56 Å². The Morgan fingerprint density at radius 2 is 1.72 bits per heavy atom. The summed E-state index contributed by atoms with van der Waals surface area (Å²) in [6.07, 6.45) is 0. The fourth-order valence-corrected chi connectivity index (χ4v) is 2.62. The van der Waals surface area contributed by atoms with Crippen LogP contribution in [0.4, 0.5) is 5.69 Å². The number of hydrogen-bond acceptors (Lipinski definition) is 4. The first kappa shape index (κ1) is 18.6. The number of amides is 2. The lowest BCUT2D eigenvalue weighted by atomic mass is 10.1. The van der Waals surface area contributed by atoms with Gasteiger partial charge in [-0.1, -0.05) is 11.6 Å². The number of rotatable bonds is 5. The highest BCUT2D eigenvalue weighted by molar-refractivity contribution is 6.32. The van der Waals surface area contributed by atoms with Crippen molar-refractivity contribution in [3.05, 3.63) is 52.0 Å². The van der Waals surface area contributed by atoms with Crippen LogP contribution in [0.25, 0.3) is 0 Å². The maximum atomic E-state index is 12.5. The molecule has 7 heteroatoms. The Labute approximate surface area is 151 Å². The summed E-state index contributed by atoms with van der Waals surface area (Å²) < 4.78 is 10.4. The minimum atomic E-state index is -0.348. The van der Waals surface area contributed by atoms with Gasteiger partial charge in [-0.25, -0.2) is 0 Å². The smallest absolute Gasteiger partial charge is 0.255 e. The molecule has 0 aliphatic carbocycles. The second-order valence-electron chi connectivity index (χ2n) is 5.26. The summed E-state index contributed by atoms with van der Waals surface area (Å²) in [5.74, 6) is 0.199. The minimum absolute atomic E-state index is 0.187. The first-order valence-electron chi connectivity index (χ1n) is 7.46. The van der Waals surface area contributed by atoms with Crippen molar-refractivity contribution < 1.29 is 19.1 Å². The van der Waals surface area contributed by atoms with Gasteiger partial charge in [0.2, 0.25) is 0 Å². The first-order chi connectivity index (χ1) is 11.9. The van der Waals surface area contributed by atoms with Gasteiger partial charge in [0.15, 0.2) is 11.5 Å². The molecule has 0 unspecified atom stereocenters. The highest BCUT2D eigenvalue weighted by atomic mass is 35.5. The van der Waals surface area contributed by atoms with E-state index in [4.69, 9.17) is 21.1 Å². The quantitative estimate of drug-likeness (QED) is 0.855. The standard InChI is InChI=1S/C18H19ClN2O4/c1-10-7-11(17(22)20-2)5-6-14(10)21-18(23)12-8-13(19)16(25-4)15(9-12)24-3/h5-9H,1-4H3,(H,20,22)(H,21,23). The molecule has 0 aromatic heterocycles. The van der Waals surface area contributed by atoms with Gasteiger partial charge in [0.1, 0.15) is 0 Å². The third-order valence-corrected chi connectivity index (χ3v) is 3.94. The minimum Gasteiger partial charge on any atom is -0.493 e. The summed E-state index contributed by atoms with van der Waals surface area (Å²) in [7, 11) is 4.51. The molecule has 0 radical (unpaired) electrons. The van der Waals surface area contributed by atoms with Gasteiger partial charge in [0.25, 0.3) is 11.8 Å². The average Bonchev–Trinajstić information content (AvgIpc) is 2.61. The molecule has 0 fully saturated rings. The molecule has 2 aromatic rings. The molecule has 2 amide bonds. The van der Waals surface area contributed by atoms with Gasteiger partial charge >= 0.3 is 0 Å². The van der Waals surface area contributed by atoms with E-state index in [9.17, 15) is 9.59 Å². The van der Waals surface area contributed by atoms with Crippen molar-refractivity contribution in [2.24, 2.45) is 0 Å². The van der Waals surface area contributed by atoms with Gasteiger partial charge in [-0.05, 0) is 42.8 Å². The summed E-state index contributed by atoms with van der Waals surface area (Å²) in [6, 6.07) is 8.08. The van der Waals surface area contributed by atoms with Crippen LogP contribution in [0.15, 0.2) is 30.3 Å². The van der Waals surface area contributed by atoms with Gasteiger partial charge in [-0.15, -0.1) is 0 Å². The molecule has 0 aliphatic heterocycles. The zero-order valence-electron chi connectivity index (χ0n) is 14.4. The Morgan fingerprint density at radius 3 is 2.28 bits per heavy atom. The normalized spacial score (nSPS) is 10.1. The topological polar surface area (TPSA) is 76.7 Å². The summed E-state index contributed by atoms with van der Waals surface area (Å²) in [5, 5.41) is 5.64. The zero-order valence-corrected chi connectivity index (χ0v) is 15.2. The van der Waals surface area contributed by atoms with Crippen LogP contribution in [-0.4, -0.2) is 33.1 Å². The van der Waals surface area contributed by atoms with Gasteiger partial charge in [-0.2, -0.15) is 0 Å². The molecule has 0 bridgehead atoms. The van der Waals surface area contributed by atoms with Gasteiger partial charge in [-0.3, -0.25) is 9.59 Å². The van der Waals surface area contributed by atoms with Crippen LogP contribution >= 0.6 is 11.6 Å². The first-order valence-corrected chi connectivity index (χ1v) is 7.84. The Bertz CT molecular complexity index is 821. The van der Waals surface area contributed by atoms with Crippen LogP contribution in [0, 0.1) is 6.92 Å². The Morgan fingerprint density at radius 1 is 1.00 bits per heavy atom. The molecule has 132 valence electrons. The fraction of sp³-hybridized carbons (Fsp3) is 0.222. The SMILES string of the molecule is CNC(=O)c1ccc(NC(=O)c2cc(Cl)c(OC)c(OC)c2)c(C)c1. The number of methoxy groups -OCH3 is 2. The number of aryl methyl sites for hydroxylation is 1. The van der Waals surface area contributed by atoms with Crippen LogP contribution in [0.3, 0.4) is 0 Å². The van der Waals surface area contributed by atoms with Crippen molar-refractivity contribution in [3.63, 3.8) is 0 Å². The van der Waals surface area contributed by atoms with Crippen molar-refractivity contribution >= 4 is 29.1 Å². The third kappa shape index (κ3) is 4.03. The van der Waals surface area contributed by atoms with Gasteiger partial charge in [0, 0.05) is 23.9 Å². The highest BCUT2D eigenvalue weighted by Crippen LogP contribution is 2.36. The molecule has 0 atom stereocenters. The molecule has 0 spiro atoms. The molecule has 2 N–H and O–H groups in total. The summed E-state index contributed by atoms with van der Waals surface area (Å²) in [6.45, 7) is 1.81. The van der Waals surface area contributed by atoms with Crippen molar-refractivity contribution in [1.82, 2.24) is 5.32 Å². The second kappa shape index (κ2) is 7.90. The molecular formula is C18H19ClN2O4. The van der Waals surface area contributed by atoms with Crippen molar-refractivity contribution in [1.29, 1.82) is 0 Å². The average molecular weight is 363 g/mol. The maximum Gasteiger partial charge on any atom is 0.255 e. The lowest BCUT2D eigenvalue weighted by molar-refractivity contribution is 0.0962. The molecule has 0 heterocycles. The zero-order chi connectivity index (χ0) is 18.6. The van der Waals surface area contributed by atoms with Gasteiger partial charge in [0.05, 0.1) is 19.2 Å². The van der Waals surface area contributed by atoms with E-state index >= 15 is 0 Å². The lowest BCUT2D eigenvalue weighted by Gasteiger charge is -2.13. The van der Waals surface area contributed by atoms with E-state index in [1.807, 2.05) is 6.92 Å². The van der Waals surface area contributed by atoms with E-state index in [1.54, 1.807) is 31.3 Å². The summed E-state index contributed by atoms with van der Waals surface area (Å²) in [4.78, 5) is 24.2. The molecule has 2 aromatic carbocycles. The molecule has 0 aliphatic rings.